The lowest BCUT2D eigenvalue weighted by atomic mass is 10.1. The van der Waals surface area contributed by atoms with Gasteiger partial charge in [0.25, 0.3) is 0 Å². The molecule has 0 bridgehead atoms. The summed E-state index contributed by atoms with van der Waals surface area (Å²) in [5.74, 6) is 0.0227. The highest BCUT2D eigenvalue weighted by molar-refractivity contribution is 6.01. The standard InChI is InChI=1S/C13H12N4O/c1-9-8-16-13(12(9)10(2)18)17(15-14-16)11-6-4-3-5-7-11/h3-8H,1-2H3. The number of hydrogen-bond acceptors (Lipinski definition) is 3. The number of fused-ring (bicyclic) bond motifs is 1. The van der Waals surface area contributed by atoms with E-state index >= 15 is 0 Å². The minimum atomic E-state index is 0.0227. The van der Waals surface area contributed by atoms with Crippen LogP contribution in [0.25, 0.3) is 11.3 Å². The Morgan fingerprint density at radius 3 is 2.56 bits per heavy atom. The van der Waals surface area contributed by atoms with Crippen molar-refractivity contribution in [2.75, 3.05) is 0 Å². The van der Waals surface area contributed by atoms with Crippen LogP contribution in [0, 0.1) is 6.92 Å². The van der Waals surface area contributed by atoms with E-state index in [-0.39, 0.29) is 5.78 Å². The number of para-hydroxylation sites is 1. The first-order valence-electron chi connectivity index (χ1n) is 5.68. The van der Waals surface area contributed by atoms with Gasteiger partial charge < -0.3 is 0 Å². The van der Waals surface area contributed by atoms with Crippen LogP contribution in [-0.4, -0.2) is 25.4 Å². The molecule has 3 rings (SSSR count). The van der Waals surface area contributed by atoms with Crippen LogP contribution in [0.4, 0.5) is 0 Å². The fraction of sp³-hybridized carbons (Fsp3) is 0.154. The van der Waals surface area contributed by atoms with Gasteiger partial charge in [-0.15, -0.1) is 0 Å². The van der Waals surface area contributed by atoms with Crippen molar-refractivity contribution in [2.24, 2.45) is 0 Å². The van der Waals surface area contributed by atoms with Gasteiger partial charge in [0.1, 0.15) is 0 Å². The van der Waals surface area contributed by atoms with Crippen LogP contribution in [0.15, 0.2) is 36.5 Å². The number of aryl methyl sites for hydroxylation is 1. The Hall–Kier alpha value is -2.43. The van der Waals surface area contributed by atoms with Crippen molar-refractivity contribution >= 4 is 11.4 Å². The average Bonchev–Trinajstić information content (AvgIpc) is 2.87. The number of ketones is 1. The Kier molecular flexibility index (Phi) is 2.26. The topological polar surface area (TPSA) is 52.2 Å². The fourth-order valence-corrected chi connectivity index (χ4v) is 2.17. The summed E-state index contributed by atoms with van der Waals surface area (Å²) in [5.41, 5.74) is 3.19. The third kappa shape index (κ3) is 1.44. The Labute approximate surface area is 104 Å². The zero-order valence-corrected chi connectivity index (χ0v) is 10.2. The second-order valence-electron chi connectivity index (χ2n) is 4.24. The molecule has 0 radical (unpaired) electrons. The smallest absolute Gasteiger partial charge is 0.170 e. The van der Waals surface area contributed by atoms with E-state index in [1.54, 1.807) is 16.1 Å². The minimum Gasteiger partial charge on any atom is -0.294 e. The molecule has 0 spiro atoms. The Bertz CT molecular complexity index is 724. The summed E-state index contributed by atoms with van der Waals surface area (Å²) in [5, 5.41) is 8.12. The van der Waals surface area contributed by atoms with Crippen molar-refractivity contribution in [2.45, 2.75) is 13.8 Å². The van der Waals surface area contributed by atoms with Gasteiger partial charge in [-0.05, 0) is 42.0 Å². The highest BCUT2D eigenvalue weighted by atomic mass is 16.1. The number of nitrogens with zero attached hydrogens (tertiary/aromatic N) is 4. The fourth-order valence-electron chi connectivity index (χ4n) is 2.17. The largest absolute Gasteiger partial charge is 0.294 e. The lowest BCUT2D eigenvalue weighted by molar-refractivity contribution is 0.101. The van der Waals surface area contributed by atoms with Crippen molar-refractivity contribution < 1.29 is 4.79 Å². The van der Waals surface area contributed by atoms with Gasteiger partial charge in [-0.3, -0.25) is 4.79 Å². The summed E-state index contributed by atoms with van der Waals surface area (Å²) in [7, 11) is 0. The van der Waals surface area contributed by atoms with E-state index in [2.05, 4.69) is 10.4 Å². The normalized spacial score (nSPS) is 11.0. The molecular formula is C13H12N4O. The SMILES string of the molecule is CC(=O)c1c(C)cn2nnn(-c3ccccc3)c12. The number of rotatable bonds is 2. The van der Waals surface area contributed by atoms with Crippen LogP contribution in [0.1, 0.15) is 22.8 Å². The number of Topliss-reactive ketones (excluding diaryl/α,β-unsaturated/α-hetero) is 1. The van der Waals surface area contributed by atoms with Crippen molar-refractivity contribution in [3.63, 3.8) is 0 Å². The molecule has 0 atom stereocenters. The van der Waals surface area contributed by atoms with E-state index in [4.69, 9.17) is 0 Å². The molecule has 5 nitrogen and oxygen atoms in total. The Morgan fingerprint density at radius 1 is 1.17 bits per heavy atom. The third-order valence-corrected chi connectivity index (χ3v) is 2.93. The first-order valence-corrected chi connectivity index (χ1v) is 5.68. The summed E-state index contributed by atoms with van der Waals surface area (Å²) < 4.78 is 3.32. The van der Waals surface area contributed by atoms with Crippen molar-refractivity contribution in [3.05, 3.63) is 47.7 Å². The molecule has 90 valence electrons. The summed E-state index contributed by atoms with van der Waals surface area (Å²) >= 11 is 0. The van der Waals surface area contributed by atoms with Crippen LogP contribution in [0.5, 0.6) is 0 Å². The van der Waals surface area contributed by atoms with Crippen molar-refractivity contribution in [3.8, 4) is 5.69 Å². The molecule has 2 aromatic heterocycles. The van der Waals surface area contributed by atoms with E-state index in [0.29, 0.717) is 11.2 Å². The number of tetrazole rings is 1. The van der Waals surface area contributed by atoms with E-state index in [1.165, 1.54) is 0 Å². The highest BCUT2D eigenvalue weighted by Crippen LogP contribution is 2.20. The maximum absolute atomic E-state index is 11.7. The van der Waals surface area contributed by atoms with Gasteiger partial charge in [0, 0.05) is 6.20 Å². The molecule has 3 aromatic rings. The molecule has 0 unspecified atom stereocenters. The highest BCUT2D eigenvalue weighted by Gasteiger charge is 2.18. The molecule has 0 aliphatic carbocycles. The molecular weight excluding hydrogens is 228 g/mol. The lowest BCUT2D eigenvalue weighted by Crippen LogP contribution is -2.01. The zero-order chi connectivity index (χ0) is 12.7. The van der Waals surface area contributed by atoms with Gasteiger partial charge in [0.2, 0.25) is 0 Å². The Balaban J connectivity index is 2.35. The Morgan fingerprint density at radius 2 is 1.89 bits per heavy atom. The van der Waals surface area contributed by atoms with Crippen molar-refractivity contribution in [1.82, 2.24) is 19.6 Å². The van der Waals surface area contributed by atoms with Gasteiger partial charge in [-0.1, -0.05) is 18.2 Å². The van der Waals surface area contributed by atoms with Gasteiger partial charge >= 0.3 is 0 Å². The summed E-state index contributed by atoms with van der Waals surface area (Å²) in [6, 6.07) is 9.66. The summed E-state index contributed by atoms with van der Waals surface area (Å²) in [6.07, 6.45) is 1.82. The molecule has 18 heavy (non-hydrogen) atoms. The number of aromatic nitrogens is 4. The van der Waals surface area contributed by atoms with Crippen LogP contribution in [0.2, 0.25) is 0 Å². The summed E-state index contributed by atoms with van der Waals surface area (Å²) in [6.45, 7) is 3.46. The average molecular weight is 240 g/mol. The summed E-state index contributed by atoms with van der Waals surface area (Å²) in [4.78, 5) is 11.7. The second kappa shape index (κ2) is 3.80. The van der Waals surface area contributed by atoms with Crippen LogP contribution in [0.3, 0.4) is 0 Å². The van der Waals surface area contributed by atoms with Gasteiger partial charge in [-0.25, -0.2) is 4.52 Å². The molecule has 0 saturated carbocycles. The molecule has 0 amide bonds. The van der Waals surface area contributed by atoms with Gasteiger partial charge in [0.15, 0.2) is 11.4 Å². The quantitative estimate of drug-likeness (QED) is 0.644. The zero-order valence-electron chi connectivity index (χ0n) is 10.2. The van der Waals surface area contributed by atoms with Crippen LogP contribution >= 0.6 is 0 Å². The molecule has 0 aliphatic rings. The predicted octanol–water partition coefficient (Wildman–Crippen LogP) is 2.03. The lowest BCUT2D eigenvalue weighted by Gasteiger charge is -2.01. The van der Waals surface area contributed by atoms with Gasteiger partial charge in [-0.2, -0.15) is 4.68 Å². The van der Waals surface area contributed by atoms with E-state index < -0.39 is 0 Å². The van der Waals surface area contributed by atoms with Crippen LogP contribution in [-0.2, 0) is 0 Å². The molecule has 5 heteroatoms. The minimum absolute atomic E-state index is 0.0227. The molecule has 2 heterocycles. The first kappa shape index (κ1) is 10.7. The number of benzene rings is 1. The maximum atomic E-state index is 11.7. The third-order valence-electron chi connectivity index (χ3n) is 2.93. The number of carbonyl (C=O) groups is 1. The van der Waals surface area contributed by atoms with Gasteiger partial charge in [0.05, 0.1) is 11.3 Å². The second-order valence-corrected chi connectivity index (χ2v) is 4.24. The predicted molar refractivity (Wildman–Crippen MR) is 67.1 cm³/mol. The molecule has 0 N–H and O–H groups in total. The van der Waals surface area contributed by atoms with Crippen molar-refractivity contribution in [1.29, 1.82) is 0 Å². The maximum Gasteiger partial charge on any atom is 0.170 e. The monoisotopic (exact) mass is 240 g/mol. The first-order chi connectivity index (χ1) is 8.68. The molecule has 0 fully saturated rings. The van der Waals surface area contributed by atoms with E-state index in [0.717, 1.165) is 11.3 Å². The van der Waals surface area contributed by atoms with E-state index in [1.807, 2.05) is 43.5 Å². The molecule has 1 aromatic carbocycles. The van der Waals surface area contributed by atoms with E-state index in [9.17, 15) is 4.79 Å². The number of hydrogen-bond donors (Lipinski definition) is 0. The molecule has 0 aliphatic heterocycles. The van der Waals surface area contributed by atoms with Crippen LogP contribution < -0.4 is 0 Å². The molecule has 0 saturated heterocycles. The number of carbonyl (C=O) groups excluding carboxylic acids is 1.